The van der Waals surface area contributed by atoms with Crippen molar-refractivity contribution in [3.8, 4) is 22.8 Å². The minimum Gasteiger partial charge on any atom is -0.493 e. The molecule has 0 spiro atoms. The Hall–Kier alpha value is -3.36. The molecule has 2 aromatic heterocycles. The molecule has 2 aliphatic rings. The van der Waals surface area contributed by atoms with Crippen LogP contribution in [-0.2, 0) is 4.79 Å². The number of benzene rings is 1. The Balaban J connectivity index is 1.55. The van der Waals surface area contributed by atoms with Gasteiger partial charge in [-0.1, -0.05) is 19.3 Å². The highest BCUT2D eigenvalue weighted by atomic mass is 16.5. The van der Waals surface area contributed by atoms with Crippen LogP contribution in [0.1, 0.15) is 51.0 Å². The summed E-state index contributed by atoms with van der Waals surface area (Å²) in [7, 11) is 4.96. The van der Waals surface area contributed by atoms with Gasteiger partial charge in [-0.25, -0.2) is 9.97 Å². The molecule has 5 rings (SSSR count). The van der Waals surface area contributed by atoms with E-state index in [9.17, 15) is 4.79 Å². The number of methoxy groups -OCH3 is 2. The lowest BCUT2D eigenvalue weighted by Gasteiger charge is -2.31. The summed E-state index contributed by atoms with van der Waals surface area (Å²) in [5.41, 5.74) is 2.60. The number of aromatic nitrogens is 4. The maximum absolute atomic E-state index is 12.1. The number of rotatable bonds is 6. The zero-order chi connectivity index (χ0) is 24.4. The zero-order valence-electron chi connectivity index (χ0n) is 20.8. The molecule has 3 heterocycles. The average Bonchev–Trinajstić information content (AvgIpc) is 3.42. The van der Waals surface area contributed by atoms with Gasteiger partial charge in [-0.05, 0) is 31.7 Å². The first-order valence-corrected chi connectivity index (χ1v) is 12.6. The Kier molecular flexibility index (Phi) is 6.74. The Morgan fingerprint density at radius 1 is 1.00 bits per heavy atom. The zero-order valence-corrected chi connectivity index (χ0v) is 20.8. The van der Waals surface area contributed by atoms with Gasteiger partial charge in [0.2, 0.25) is 11.9 Å². The van der Waals surface area contributed by atoms with Gasteiger partial charge in [-0.3, -0.25) is 9.48 Å². The molecule has 0 unspecified atom stereocenters. The molecular formula is C26H34N6O3. The number of hydrogen-bond donors (Lipinski definition) is 1. The van der Waals surface area contributed by atoms with E-state index >= 15 is 0 Å². The van der Waals surface area contributed by atoms with Gasteiger partial charge in [-0.15, -0.1) is 0 Å². The lowest BCUT2D eigenvalue weighted by Crippen LogP contribution is -2.40. The van der Waals surface area contributed by atoms with Crippen molar-refractivity contribution in [1.29, 1.82) is 0 Å². The van der Waals surface area contributed by atoms with Gasteiger partial charge >= 0.3 is 0 Å². The Morgan fingerprint density at radius 2 is 1.71 bits per heavy atom. The van der Waals surface area contributed by atoms with Crippen molar-refractivity contribution in [3.63, 3.8) is 0 Å². The van der Waals surface area contributed by atoms with Crippen molar-refractivity contribution < 1.29 is 14.3 Å². The molecular weight excluding hydrogens is 444 g/mol. The first-order valence-electron chi connectivity index (χ1n) is 12.6. The van der Waals surface area contributed by atoms with Crippen LogP contribution < -0.4 is 19.7 Å². The molecule has 1 aliphatic heterocycles. The van der Waals surface area contributed by atoms with E-state index in [1.54, 1.807) is 21.3 Å². The summed E-state index contributed by atoms with van der Waals surface area (Å²) in [5, 5.41) is 8.39. The minimum atomic E-state index is 0.0363. The first-order chi connectivity index (χ1) is 17.1. The number of hydrogen-bond acceptors (Lipinski definition) is 7. The number of fused-ring (bicyclic) bond motifs is 1. The van der Waals surface area contributed by atoms with Gasteiger partial charge in [0.15, 0.2) is 11.5 Å². The normalized spacial score (nSPS) is 17.5. The number of ether oxygens (including phenoxy) is 2. The Morgan fingerprint density at radius 3 is 2.40 bits per heavy atom. The summed E-state index contributed by atoms with van der Waals surface area (Å²) >= 11 is 0. The molecule has 9 nitrogen and oxygen atoms in total. The van der Waals surface area contributed by atoms with Crippen LogP contribution in [0.5, 0.6) is 11.5 Å². The third-order valence-electron chi connectivity index (χ3n) is 7.41. The van der Waals surface area contributed by atoms with Crippen LogP contribution in [0.2, 0.25) is 0 Å². The van der Waals surface area contributed by atoms with E-state index < -0.39 is 0 Å². The molecule has 1 N–H and O–H groups in total. The quantitative estimate of drug-likeness (QED) is 0.573. The molecule has 0 bridgehead atoms. The number of carbonyl (C=O) groups excluding carboxylic acids is 1. The first kappa shape index (κ1) is 23.4. The highest BCUT2D eigenvalue weighted by Gasteiger charge is 2.27. The van der Waals surface area contributed by atoms with Crippen LogP contribution >= 0.6 is 0 Å². The van der Waals surface area contributed by atoms with E-state index in [0.29, 0.717) is 23.5 Å². The maximum atomic E-state index is 12.1. The SMILES string of the molecule is CNC(=O)C1CCN(c2nc(-c3cnn(C4CCCCC4)c3)c3cc(OC)c(OC)cc3n2)CC1. The topological polar surface area (TPSA) is 94.4 Å². The summed E-state index contributed by atoms with van der Waals surface area (Å²) in [5.74, 6) is 2.09. The smallest absolute Gasteiger partial charge is 0.226 e. The third-order valence-corrected chi connectivity index (χ3v) is 7.41. The van der Waals surface area contributed by atoms with Crippen molar-refractivity contribution in [2.24, 2.45) is 5.92 Å². The van der Waals surface area contributed by atoms with Crippen LogP contribution in [0.15, 0.2) is 24.5 Å². The molecule has 1 aromatic carbocycles. The minimum absolute atomic E-state index is 0.0363. The Labute approximate surface area is 205 Å². The monoisotopic (exact) mass is 478 g/mol. The largest absolute Gasteiger partial charge is 0.493 e. The second-order valence-corrected chi connectivity index (χ2v) is 9.47. The number of nitrogens with zero attached hydrogens (tertiary/aromatic N) is 5. The van der Waals surface area contributed by atoms with Crippen LogP contribution in [0.25, 0.3) is 22.2 Å². The van der Waals surface area contributed by atoms with Gasteiger partial charge in [0.25, 0.3) is 0 Å². The Bertz CT molecular complexity index is 1200. The van der Waals surface area contributed by atoms with Gasteiger partial charge in [-0.2, -0.15) is 5.10 Å². The predicted octanol–water partition coefficient (Wildman–Crippen LogP) is 3.98. The third kappa shape index (κ3) is 4.63. The fourth-order valence-corrected chi connectivity index (χ4v) is 5.36. The molecule has 35 heavy (non-hydrogen) atoms. The van der Waals surface area contributed by atoms with Crippen molar-refractivity contribution >= 4 is 22.8 Å². The number of nitrogens with one attached hydrogen (secondary N) is 1. The molecule has 3 aromatic rings. The highest BCUT2D eigenvalue weighted by molar-refractivity contribution is 5.95. The molecule has 1 aliphatic carbocycles. The summed E-state index contributed by atoms with van der Waals surface area (Å²) in [6, 6.07) is 4.30. The predicted molar refractivity (Wildman–Crippen MR) is 135 cm³/mol. The number of carbonyl (C=O) groups is 1. The maximum Gasteiger partial charge on any atom is 0.226 e. The molecule has 1 saturated heterocycles. The summed E-state index contributed by atoms with van der Waals surface area (Å²) < 4.78 is 13.2. The van der Waals surface area contributed by atoms with Gasteiger partial charge < -0.3 is 19.7 Å². The van der Waals surface area contributed by atoms with Crippen LogP contribution in [0, 0.1) is 5.92 Å². The highest BCUT2D eigenvalue weighted by Crippen LogP contribution is 2.37. The fourth-order valence-electron chi connectivity index (χ4n) is 5.36. The van der Waals surface area contributed by atoms with Gasteiger partial charge in [0, 0.05) is 49.3 Å². The second-order valence-electron chi connectivity index (χ2n) is 9.47. The van der Waals surface area contributed by atoms with Crippen molar-refractivity contribution in [1.82, 2.24) is 25.1 Å². The standard InChI is InChI=1S/C26H34N6O3/c1-27-25(33)17-9-11-31(12-10-17)26-29-21-14-23(35-3)22(34-2)13-20(21)24(30-26)18-15-28-32(16-18)19-7-5-4-6-8-19/h13-17,19H,4-12H2,1-3H3,(H,27,33). The molecule has 186 valence electrons. The summed E-state index contributed by atoms with van der Waals surface area (Å²) in [4.78, 5) is 24.2. The van der Waals surface area contributed by atoms with Crippen LogP contribution in [0.3, 0.4) is 0 Å². The second kappa shape index (κ2) is 10.1. The van der Waals surface area contributed by atoms with Crippen molar-refractivity contribution in [2.45, 2.75) is 51.0 Å². The van der Waals surface area contributed by atoms with E-state index in [1.807, 2.05) is 18.3 Å². The van der Waals surface area contributed by atoms with E-state index in [4.69, 9.17) is 24.5 Å². The van der Waals surface area contributed by atoms with E-state index in [-0.39, 0.29) is 11.8 Å². The van der Waals surface area contributed by atoms with E-state index in [2.05, 4.69) is 21.1 Å². The molecule has 1 amide bonds. The average molecular weight is 479 g/mol. The molecule has 0 atom stereocenters. The fraction of sp³-hybridized carbons (Fsp3) is 0.538. The van der Waals surface area contributed by atoms with Crippen molar-refractivity contribution in [2.75, 3.05) is 39.3 Å². The molecule has 2 fully saturated rings. The molecule has 9 heteroatoms. The van der Waals surface area contributed by atoms with Gasteiger partial charge in [0.05, 0.1) is 37.7 Å². The summed E-state index contributed by atoms with van der Waals surface area (Å²) in [6.45, 7) is 1.47. The van der Waals surface area contributed by atoms with Crippen LogP contribution in [0.4, 0.5) is 5.95 Å². The summed E-state index contributed by atoms with van der Waals surface area (Å²) in [6.07, 6.45) is 11.7. The lowest BCUT2D eigenvalue weighted by molar-refractivity contribution is -0.125. The number of amides is 1. The molecule has 0 radical (unpaired) electrons. The lowest BCUT2D eigenvalue weighted by atomic mass is 9.96. The van der Waals surface area contributed by atoms with Crippen LogP contribution in [-0.4, -0.2) is 60.0 Å². The van der Waals surface area contributed by atoms with E-state index in [1.165, 1.54) is 32.1 Å². The molecule has 1 saturated carbocycles. The number of anilines is 1. The number of piperidine rings is 1. The van der Waals surface area contributed by atoms with Gasteiger partial charge in [0.1, 0.15) is 0 Å². The van der Waals surface area contributed by atoms with E-state index in [0.717, 1.165) is 48.1 Å². The van der Waals surface area contributed by atoms with Crippen molar-refractivity contribution in [3.05, 3.63) is 24.5 Å².